The summed E-state index contributed by atoms with van der Waals surface area (Å²) in [6.45, 7) is 11.2. The molecular weight excluding hydrogens is 564 g/mol. The van der Waals surface area contributed by atoms with Crippen LogP contribution in [0.3, 0.4) is 0 Å². The number of rotatable bonds is 8. The van der Waals surface area contributed by atoms with Crippen molar-refractivity contribution in [2.45, 2.75) is 27.7 Å². The second-order valence-corrected chi connectivity index (χ2v) is 9.44. The molecule has 0 saturated carbocycles. The second kappa shape index (κ2) is 14.5. The molecule has 2 aromatic heterocycles. The fourth-order valence-electron chi connectivity index (χ4n) is 3.98. The first-order chi connectivity index (χ1) is 20.9. The standard InChI is InChI=1S/C17H19N3O3.C15H15N3O3/c1-5-23-11(3)13-14(17(21)22-4)19-16(20-15(13)18)12-8-6-10(2)7-9-12;1-8-4-6-10(7-5-8)14-17-12(15(20)21-3)11(9(2)19)13(16)18-14/h6-9H,3,5H2,1-2,4H3,(H2,18,19,20);4-7H,1-3H3,(H2,16,17,18). The molecule has 12 heteroatoms. The molecule has 12 nitrogen and oxygen atoms in total. The van der Waals surface area contributed by atoms with E-state index in [0.717, 1.165) is 16.7 Å². The Kier molecular flexibility index (Phi) is 10.8. The molecule has 0 spiro atoms. The number of carbonyl (C=O) groups excluding carboxylic acids is 3. The van der Waals surface area contributed by atoms with Gasteiger partial charge in [-0.05, 0) is 27.7 Å². The number of ether oxygens (including phenoxy) is 3. The minimum absolute atomic E-state index is 0.0160. The maximum absolute atomic E-state index is 12.1. The highest BCUT2D eigenvalue weighted by molar-refractivity contribution is 6.07. The van der Waals surface area contributed by atoms with E-state index < -0.39 is 11.9 Å². The van der Waals surface area contributed by atoms with Crippen LogP contribution in [-0.2, 0) is 14.2 Å². The molecule has 0 saturated heterocycles. The maximum Gasteiger partial charge on any atom is 0.357 e. The Labute approximate surface area is 255 Å². The Morgan fingerprint density at radius 2 is 1.09 bits per heavy atom. The van der Waals surface area contributed by atoms with Crippen LogP contribution in [0.2, 0.25) is 0 Å². The molecular formula is C32H34N6O6. The summed E-state index contributed by atoms with van der Waals surface area (Å²) in [6, 6.07) is 15.0. The lowest BCUT2D eigenvalue weighted by Crippen LogP contribution is -2.16. The van der Waals surface area contributed by atoms with Crippen LogP contribution >= 0.6 is 0 Å². The molecule has 2 aromatic carbocycles. The van der Waals surface area contributed by atoms with E-state index in [4.69, 9.17) is 20.9 Å². The van der Waals surface area contributed by atoms with Crippen LogP contribution in [0, 0.1) is 13.8 Å². The molecule has 44 heavy (non-hydrogen) atoms. The van der Waals surface area contributed by atoms with Crippen LogP contribution in [0.4, 0.5) is 11.6 Å². The van der Waals surface area contributed by atoms with Crippen molar-refractivity contribution in [1.82, 2.24) is 19.9 Å². The summed E-state index contributed by atoms with van der Waals surface area (Å²) in [6.07, 6.45) is 0. The quantitative estimate of drug-likeness (QED) is 0.160. The van der Waals surface area contributed by atoms with Crippen LogP contribution in [0.25, 0.3) is 28.5 Å². The summed E-state index contributed by atoms with van der Waals surface area (Å²) in [5.41, 5.74) is 15.6. The Balaban J connectivity index is 0.000000241. The Hall–Kier alpha value is -5.65. The molecule has 0 aliphatic carbocycles. The summed E-state index contributed by atoms with van der Waals surface area (Å²) in [7, 11) is 2.50. The average molecular weight is 599 g/mol. The van der Waals surface area contributed by atoms with Crippen molar-refractivity contribution in [2.75, 3.05) is 32.3 Å². The van der Waals surface area contributed by atoms with Crippen LogP contribution < -0.4 is 11.5 Å². The third-order valence-electron chi connectivity index (χ3n) is 6.20. The van der Waals surface area contributed by atoms with E-state index in [9.17, 15) is 14.4 Å². The minimum atomic E-state index is -0.720. The molecule has 0 bridgehead atoms. The van der Waals surface area contributed by atoms with Crippen LogP contribution in [-0.4, -0.2) is 58.5 Å². The van der Waals surface area contributed by atoms with Gasteiger partial charge in [0.1, 0.15) is 17.4 Å². The minimum Gasteiger partial charge on any atom is -0.494 e. The van der Waals surface area contributed by atoms with Crippen molar-refractivity contribution in [1.29, 1.82) is 0 Å². The number of nitrogens with zero attached hydrogens (tertiary/aromatic N) is 4. The number of anilines is 2. The number of aryl methyl sites for hydroxylation is 2. The Bertz CT molecular complexity index is 1700. The number of nitrogen functional groups attached to an aromatic ring is 2. The van der Waals surface area contributed by atoms with Crippen LogP contribution in [0.5, 0.6) is 0 Å². The highest BCUT2D eigenvalue weighted by Gasteiger charge is 2.24. The summed E-state index contributed by atoms with van der Waals surface area (Å²) < 4.78 is 14.8. The van der Waals surface area contributed by atoms with Gasteiger partial charge in [-0.3, -0.25) is 4.79 Å². The average Bonchev–Trinajstić information content (AvgIpc) is 3.00. The molecule has 4 aromatic rings. The number of hydrogen-bond acceptors (Lipinski definition) is 12. The summed E-state index contributed by atoms with van der Waals surface area (Å²) in [5.74, 6) is -0.785. The molecule has 0 unspecified atom stereocenters. The highest BCUT2D eigenvalue weighted by atomic mass is 16.5. The van der Waals surface area contributed by atoms with E-state index in [0.29, 0.717) is 18.0 Å². The molecule has 228 valence electrons. The molecule has 4 N–H and O–H groups in total. The van der Waals surface area contributed by atoms with Gasteiger partial charge < -0.3 is 25.7 Å². The van der Waals surface area contributed by atoms with Crippen molar-refractivity contribution in [3.05, 3.63) is 88.8 Å². The van der Waals surface area contributed by atoms with Gasteiger partial charge in [0.25, 0.3) is 0 Å². The molecule has 0 amide bonds. The summed E-state index contributed by atoms with van der Waals surface area (Å²) >= 11 is 0. The van der Waals surface area contributed by atoms with Crippen molar-refractivity contribution >= 4 is 35.1 Å². The fraction of sp³-hybridized carbons (Fsp3) is 0.219. The van der Waals surface area contributed by atoms with E-state index in [1.807, 2.05) is 62.4 Å². The first-order valence-electron chi connectivity index (χ1n) is 13.4. The first kappa shape index (κ1) is 32.9. The van der Waals surface area contributed by atoms with E-state index in [1.165, 1.54) is 21.1 Å². The molecule has 0 aliphatic rings. The van der Waals surface area contributed by atoms with Gasteiger partial charge in [-0.15, -0.1) is 0 Å². The smallest absolute Gasteiger partial charge is 0.357 e. The summed E-state index contributed by atoms with van der Waals surface area (Å²) in [4.78, 5) is 52.3. The largest absolute Gasteiger partial charge is 0.494 e. The zero-order chi connectivity index (χ0) is 32.6. The first-order valence-corrected chi connectivity index (χ1v) is 13.4. The van der Waals surface area contributed by atoms with Gasteiger partial charge in [-0.2, -0.15) is 0 Å². The van der Waals surface area contributed by atoms with Crippen molar-refractivity contribution in [2.24, 2.45) is 0 Å². The fourth-order valence-corrected chi connectivity index (χ4v) is 3.98. The zero-order valence-corrected chi connectivity index (χ0v) is 25.4. The molecule has 0 aliphatic heterocycles. The van der Waals surface area contributed by atoms with Gasteiger partial charge in [-0.1, -0.05) is 66.2 Å². The third-order valence-corrected chi connectivity index (χ3v) is 6.20. The predicted molar refractivity (Wildman–Crippen MR) is 167 cm³/mol. The number of aromatic nitrogens is 4. The molecule has 2 heterocycles. The lowest BCUT2D eigenvalue weighted by Gasteiger charge is -2.14. The number of esters is 2. The van der Waals surface area contributed by atoms with Gasteiger partial charge in [0, 0.05) is 11.1 Å². The molecule has 0 fully saturated rings. The normalized spacial score (nSPS) is 10.2. The number of nitrogens with two attached hydrogens (primary N) is 2. The predicted octanol–water partition coefficient (Wildman–Crippen LogP) is 4.85. The number of benzene rings is 2. The number of carbonyl (C=O) groups is 3. The number of ketones is 1. The number of methoxy groups -OCH3 is 2. The van der Waals surface area contributed by atoms with Gasteiger partial charge in [0.05, 0.1) is 32.0 Å². The van der Waals surface area contributed by atoms with Crippen molar-refractivity contribution in [3.8, 4) is 22.8 Å². The van der Waals surface area contributed by atoms with E-state index >= 15 is 0 Å². The van der Waals surface area contributed by atoms with Gasteiger partial charge in [0.2, 0.25) is 0 Å². The monoisotopic (exact) mass is 598 g/mol. The number of hydrogen-bond donors (Lipinski definition) is 2. The van der Waals surface area contributed by atoms with Gasteiger partial charge in [0.15, 0.2) is 28.8 Å². The Morgan fingerprint density at radius 1 is 0.705 bits per heavy atom. The van der Waals surface area contributed by atoms with Crippen molar-refractivity contribution in [3.63, 3.8) is 0 Å². The lowest BCUT2D eigenvalue weighted by molar-refractivity contribution is 0.0583. The van der Waals surface area contributed by atoms with E-state index in [2.05, 4.69) is 31.3 Å². The topological polar surface area (TPSA) is 182 Å². The molecule has 4 rings (SSSR count). The van der Waals surface area contributed by atoms with Crippen molar-refractivity contribution < 1.29 is 28.6 Å². The highest BCUT2D eigenvalue weighted by Crippen LogP contribution is 2.27. The third kappa shape index (κ3) is 7.59. The lowest BCUT2D eigenvalue weighted by atomic mass is 10.1. The van der Waals surface area contributed by atoms with Crippen LogP contribution in [0.1, 0.15) is 61.9 Å². The van der Waals surface area contributed by atoms with E-state index in [-0.39, 0.29) is 51.5 Å². The zero-order valence-electron chi connectivity index (χ0n) is 25.4. The van der Waals surface area contributed by atoms with Crippen LogP contribution in [0.15, 0.2) is 55.1 Å². The molecule has 0 atom stereocenters. The van der Waals surface area contributed by atoms with E-state index in [1.54, 1.807) is 6.92 Å². The Morgan fingerprint density at radius 3 is 1.45 bits per heavy atom. The SMILES string of the molecule is C=C(OCC)c1c(N)nc(-c2ccc(C)cc2)nc1C(=O)OC.COC(=O)c1nc(-c2ccc(C)cc2)nc(N)c1C(C)=O. The van der Waals surface area contributed by atoms with Gasteiger partial charge in [-0.25, -0.2) is 29.5 Å². The maximum atomic E-state index is 12.1. The summed E-state index contributed by atoms with van der Waals surface area (Å²) in [5, 5.41) is 0. The number of Topliss-reactive ketones (excluding diaryl/α,β-unsaturated/α-hetero) is 1. The molecule has 0 radical (unpaired) electrons. The van der Waals surface area contributed by atoms with Gasteiger partial charge >= 0.3 is 11.9 Å². The second-order valence-electron chi connectivity index (χ2n) is 9.44.